The van der Waals surface area contributed by atoms with Crippen LogP contribution in [0.15, 0.2) is 12.2 Å². The van der Waals surface area contributed by atoms with Crippen molar-refractivity contribution >= 4 is 32.4 Å². The summed E-state index contributed by atoms with van der Waals surface area (Å²) < 4.78 is 23.7. The Balaban J connectivity index is 4.85. The van der Waals surface area contributed by atoms with Crippen molar-refractivity contribution in [1.82, 2.24) is 0 Å². The van der Waals surface area contributed by atoms with Gasteiger partial charge in [0.25, 0.3) is 0 Å². The average Bonchev–Trinajstić information content (AvgIpc) is 2.40. The van der Waals surface area contributed by atoms with Crippen molar-refractivity contribution in [3.05, 3.63) is 12.2 Å². The molecule has 9 heteroatoms. The van der Waals surface area contributed by atoms with Gasteiger partial charge in [0.1, 0.15) is 12.7 Å². The molecule has 0 saturated heterocycles. The summed E-state index contributed by atoms with van der Waals surface area (Å²) in [7, 11) is -4.92. The van der Waals surface area contributed by atoms with Crippen molar-refractivity contribution in [1.29, 1.82) is 0 Å². The van der Waals surface area contributed by atoms with E-state index < -0.39 is 43.9 Å². The third-order valence-corrected chi connectivity index (χ3v) is 7.07. The first-order valence-electron chi connectivity index (χ1n) is 9.18. The third-order valence-electron chi connectivity index (χ3n) is 3.00. The second-order valence-corrected chi connectivity index (χ2v) is 19.3. The summed E-state index contributed by atoms with van der Waals surface area (Å²) in [5, 5.41) is 10.00. The summed E-state index contributed by atoms with van der Waals surface area (Å²) >= 11 is 0. The van der Waals surface area contributed by atoms with Crippen LogP contribution >= 0.6 is 0 Å². The topological polar surface area (TPSA) is 74.2 Å². The second-order valence-electron chi connectivity index (χ2n) is 8.64. The Labute approximate surface area is 163 Å². The number of hydrogen-bond acceptors (Lipinski definition) is 6. The summed E-state index contributed by atoms with van der Waals surface area (Å²) in [5.41, 5.74) is -0.348. The van der Waals surface area contributed by atoms with E-state index in [9.17, 15) is 9.90 Å². The van der Waals surface area contributed by atoms with Crippen LogP contribution in [-0.4, -0.2) is 62.2 Å². The van der Waals surface area contributed by atoms with E-state index in [0.717, 1.165) is 12.8 Å². The molecule has 154 valence electrons. The molecule has 0 aromatic heterocycles. The molecule has 0 aromatic rings. The number of esters is 1. The van der Waals surface area contributed by atoms with E-state index in [1.165, 1.54) is 0 Å². The van der Waals surface area contributed by atoms with Gasteiger partial charge in [-0.1, -0.05) is 19.9 Å². The number of aliphatic hydroxyl groups excluding tert-OH is 1. The van der Waals surface area contributed by atoms with Crippen LogP contribution in [0, 0.1) is 0 Å². The van der Waals surface area contributed by atoms with Crippen molar-refractivity contribution < 1.29 is 27.9 Å². The Bertz CT molecular complexity index is 440. The van der Waals surface area contributed by atoms with Crippen molar-refractivity contribution in [2.24, 2.45) is 0 Å². The lowest BCUT2D eigenvalue weighted by Crippen LogP contribution is -2.55. The van der Waals surface area contributed by atoms with Gasteiger partial charge in [0.15, 0.2) is 22.0 Å². The lowest BCUT2D eigenvalue weighted by atomic mass is 10.3. The van der Waals surface area contributed by atoms with E-state index in [-0.39, 0.29) is 13.2 Å². The van der Waals surface area contributed by atoms with E-state index in [0.29, 0.717) is 5.57 Å². The van der Waals surface area contributed by atoms with Crippen LogP contribution in [0.25, 0.3) is 0 Å². The van der Waals surface area contributed by atoms with Crippen LogP contribution < -0.4 is 0 Å². The summed E-state index contributed by atoms with van der Waals surface area (Å²) in [6.45, 7) is 20.0. The monoisotopic (exact) mass is 422 g/mol. The molecule has 1 N–H and O–H groups in total. The number of aliphatic hydroxyl groups is 1. The zero-order valence-corrected chi connectivity index (χ0v) is 21.2. The SMILES string of the molecule is C=C(C)C(=O)OCC(O)CO[SiH2]C(CCC)(O[Si](C)(C)C)O[Si](C)(C)C. The number of hydrogen-bond donors (Lipinski definition) is 1. The molecular weight excluding hydrogens is 384 g/mol. The van der Waals surface area contributed by atoms with Gasteiger partial charge >= 0.3 is 5.97 Å². The van der Waals surface area contributed by atoms with Gasteiger partial charge in [-0.2, -0.15) is 0 Å². The molecule has 1 unspecified atom stereocenters. The Hall–Kier alpha value is -0.299. The van der Waals surface area contributed by atoms with Crippen molar-refractivity contribution in [2.75, 3.05) is 13.2 Å². The first-order chi connectivity index (χ1) is 11.7. The maximum Gasteiger partial charge on any atom is 0.333 e. The van der Waals surface area contributed by atoms with Gasteiger partial charge in [-0.25, -0.2) is 4.79 Å². The fraction of sp³-hybridized carbons (Fsp3) is 0.824. The average molecular weight is 423 g/mol. The molecule has 6 nitrogen and oxygen atoms in total. The van der Waals surface area contributed by atoms with Crippen LogP contribution in [0.5, 0.6) is 0 Å². The normalized spacial score (nSPS) is 14.7. The molecule has 26 heavy (non-hydrogen) atoms. The fourth-order valence-electron chi connectivity index (χ4n) is 2.44. The zero-order valence-electron chi connectivity index (χ0n) is 17.8. The molecule has 0 spiro atoms. The highest BCUT2D eigenvalue weighted by atomic mass is 28.4. The molecule has 0 rings (SSSR count). The summed E-state index contributed by atoms with van der Waals surface area (Å²) in [4.78, 5) is 11.4. The largest absolute Gasteiger partial charge is 0.460 e. The second kappa shape index (κ2) is 10.9. The van der Waals surface area contributed by atoms with Crippen LogP contribution in [0.4, 0.5) is 0 Å². The molecule has 0 amide bonds. The van der Waals surface area contributed by atoms with Crippen LogP contribution in [0.2, 0.25) is 39.3 Å². The lowest BCUT2D eigenvalue weighted by molar-refractivity contribution is -0.142. The van der Waals surface area contributed by atoms with Gasteiger partial charge in [-0.15, -0.1) is 0 Å². The van der Waals surface area contributed by atoms with Crippen LogP contribution in [0.3, 0.4) is 0 Å². The maximum atomic E-state index is 11.4. The third kappa shape index (κ3) is 12.2. The van der Waals surface area contributed by atoms with E-state index in [1.54, 1.807) is 6.92 Å². The highest BCUT2D eigenvalue weighted by molar-refractivity contribution is 6.71. The molecular formula is C17H38O6Si3. The smallest absolute Gasteiger partial charge is 0.333 e. The molecule has 0 heterocycles. The van der Waals surface area contributed by atoms with Gasteiger partial charge in [-0.05, 0) is 52.6 Å². The zero-order chi connectivity index (χ0) is 20.6. The van der Waals surface area contributed by atoms with Gasteiger partial charge < -0.3 is 23.1 Å². The number of carbonyl (C=O) groups is 1. The first-order valence-corrected chi connectivity index (χ1v) is 17.3. The van der Waals surface area contributed by atoms with E-state index in [1.807, 2.05) is 0 Å². The molecule has 0 aliphatic carbocycles. The van der Waals surface area contributed by atoms with Crippen molar-refractivity contribution in [3.63, 3.8) is 0 Å². The fourth-order valence-corrected chi connectivity index (χ4v) is 9.32. The van der Waals surface area contributed by atoms with E-state index in [4.69, 9.17) is 18.0 Å². The van der Waals surface area contributed by atoms with Crippen molar-refractivity contribution in [3.8, 4) is 0 Å². The minimum Gasteiger partial charge on any atom is -0.460 e. The molecule has 0 saturated carbocycles. The molecule has 1 atom stereocenters. The van der Waals surface area contributed by atoms with Gasteiger partial charge in [0, 0.05) is 5.57 Å². The van der Waals surface area contributed by atoms with Crippen LogP contribution in [-0.2, 0) is 22.8 Å². The van der Waals surface area contributed by atoms with E-state index in [2.05, 4.69) is 52.8 Å². The van der Waals surface area contributed by atoms with Gasteiger partial charge in [-0.3, -0.25) is 0 Å². The molecule has 0 aliphatic heterocycles. The van der Waals surface area contributed by atoms with Gasteiger partial charge in [0.2, 0.25) is 9.76 Å². The summed E-state index contributed by atoms with van der Waals surface area (Å²) in [6.07, 6.45) is 0.849. The number of carbonyl (C=O) groups excluding carboxylic acids is 1. The molecule has 0 bridgehead atoms. The lowest BCUT2D eigenvalue weighted by Gasteiger charge is -2.42. The first kappa shape index (κ1) is 25.7. The molecule has 0 aliphatic rings. The highest BCUT2D eigenvalue weighted by Gasteiger charge is 2.41. The minimum absolute atomic E-state index is 0.102. The maximum absolute atomic E-state index is 11.4. The van der Waals surface area contributed by atoms with E-state index >= 15 is 0 Å². The highest BCUT2D eigenvalue weighted by Crippen LogP contribution is 2.28. The van der Waals surface area contributed by atoms with Crippen LogP contribution in [0.1, 0.15) is 26.7 Å². The molecule has 0 aromatic carbocycles. The molecule has 0 fully saturated rings. The summed E-state index contributed by atoms with van der Waals surface area (Å²) in [6, 6.07) is 0. The Morgan fingerprint density at radius 2 is 1.62 bits per heavy atom. The number of rotatable bonds is 13. The Kier molecular flexibility index (Phi) is 10.8. The molecule has 0 radical (unpaired) electrons. The quantitative estimate of drug-likeness (QED) is 0.213. The predicted octanol–water partition coefficient (Wildman–Crippen LogP) is 2.72. The predicted molar refractivity (Wildman–Crippen MR) is 113 cm³/mol. The van der Waals surface area contributed by atoms with Gasteiger partial charge in [0.05, 0.1) is 6.61 Å². The van der Waals surface area contributed by atoms with Crippen molar-refractivity contribution in [2.45, 2.75) is 77.5 Å². The Morgan fingerprint density at radius 1 is 1.12 bits per heavy atom. The minimum atomic E-state index is -1.84. The number of ether oxygens (including phenoxy) is 1. The summed E-state index contributed by atoms with van der Waals surface area (Å²) in [5.74, 6) is -0.509. The standard InChI is InChI=1S/C17H38O6Si3/c1-10-11-17(22-25(4,5)6,23-26(7,8)9)24-21-13-15(18)12-20-16(19)14(2)3/h15,18H,2,10-13,24H2,1,3-9H3. The Morgan fingerprint density at radius 3 is 2.00 bits per heavy atom.